The summed E-state index contributed by atoms with van der Waals surface area (Å²) in [4.78, 5) is 13.5. The number of nitrogens with zero attached hydrogens (tertiary/aromatic N) is 4. The van der Waals surface area contributed by atoms with Gasteiger partial charge in [0.15, 0.2) is 5.76 Å². The lowest BCUT2D eigenvalue weighted by atomic mass is 10.2. The maximum atomic E-state index is 12.1. The zero-order valence-corrected chi connectivity index (χ0v) is 13.2. The van der Waals surface area contributed by atoms with Crippen LogP contribution in [-0.4, -0.2) is 26.1 Å². The van der Waals surface area contributed by atoms with E-state index in [4.69, 9.17) is 4.42 Å². The monoisotopic (exact) mass is 361 g/mol. The van der Waals surface area contributed by atoms with E-state index >= 15 is 0 Å². The minimum absolute atomic E-state index is 0.147. The number of aryl methyl sites for hydroxylation is 1. The molecular formula is C14H12BrN5O2. The second kappa shape index (κ2) is 6.10. The van der Waals surface area contributed by atoms with Crippen LogP contribution in [0.25, 0.3) is 11.3 Å². The van der Waals surface area contributed by atoms with Crippen molar-refractivity contribution in [3.05, 3.63) is 46.6 Å². The van der Waals surface area contributed by atoms with Gasteiger partial charge in [-0.25, -0.2) is 0 Å². The second-order valence-corrected chi connectivity index (χ2v) is 5.34. The Morgan fingerprint density at radius 2 is 2.05 bits per heavy atom. The van der Waals surface area contributed by atoms with Gasteiger partial charge in [0.05, 0.1) is 6.54 Å². The Labute approximate surface area is 134 Å². The minimum Gasteiger partial charge on any atom is -0.451 e. The Bertz CT molecular complexity index is 794. The third kappa shape index (κ3) is 3.06. The van der Waals surface area contributed by atoms with Crippen LogP contribution in [0.15, 0.2) is 45.3 Å². The summed E-state index contributed by atoms with van der Waals surface area (Å²) < 4.78 is 6.54. The van der Waals surface area contributed by atoms with Crippen molar-refractivity contribution < 1.29 is 9.21 Å². The fourth-order valence-electron chi connectivity index (χ4n) is 1.82. The largest absolute Gasteiger partial charge is 0.451 e. The van der Waals surface area contributed by atoms with Crippen molar-refractivity contribution in [2.24, 2.45) is 0 Å². The molecule has 0 fully saturated rings. The number of aromatic nitrogens is 4. The van der Waals surface area contributed by atoms with E-state index in [9.17, 15) is 4.79 Å². The zero-order chi connectivity index (χ0) is 15.5. The summed E-state index contributed by atoms with van der Waals surface area (Å²) in [5.74, 6) is 0.529. The first kappa shape index (κ1) is 14.5. The summed E-state index contributed by atoms with van der Waals surface area (Å²) in [6.07, 6.45) is 0. The number of carbonyl (C=O) groups excluding carboxylic acids is 1. The summed E-state index contributed by atoms with van der Waals surface area (Å²) in [6, 6.07) is 11.0. The Morgan fingerprint density at radius 3 is 2.73 bits per heavy atom. The van der Waals surface area contributed by atoms with Crippen molar-refractivity contribution in [1.29, 1.82) is 0 Å². The molecule has 1 aromatic carbocycles. The molecule has 0 radical (unpaired) electrons. The molecule has 22 heavy (non-hydrogen) atoms. The third-order valence-corrected chi connectivity index (χ3v) is 3.45. The fraction of sp³-hybridized carbons (Fsp3) is 0.143. The molecule has 3 rings (SSSR count). The maximum Gasteiger partial charge on any atom is 0.293 e. The number of anilines is 1. The van der Waals surface area contributed by atoms with Gasteiger partial charge in [-0.1, -0.05) is 33.2 Å². The van der Waals surface area contributed by atoms with Crippen molar-refractivity contribution in [2.75, 3.05) is 5.32 Å². The molecule has 7 nitrogen and oxygen atoms in total. The molecule has 3 aromatic rings. The van der Waals surface area contributed by atoms with Gasteiger partial charge < -0.3 is 4.42 Å². The predicted octanol–water partition coefficient (Wildman–Crippen LogP) is 2.97. The van der Waals surface area contributed by atoms with E-state index in [1.807, 2.05) is 31.2 Å². The van der Waals surface area contributed by atoms with E-state index in [-0.39, 0.29) is 11.7 Å². The van der Waals surface area contributed by atoms with Crippen LogP contribution in [0.1, 0.15) is 17.5 Å². The molecule has 8 heteroatoms. The van der Waals surface area contributed by atoms with Crippen LogP contribution in [0.3, 0.4) is 0 Å². The maximum absolute atomic E-state index is 12.1. The average Bonchev–Trinajstić information content (AvgIpc) is 3.17. The van der Waals surface area contributed by atoms with Crippen LogP contribution in [0.5, 0.6) is 0 Å². The Balaban J connectivity index is 1.75. The number of furan rings is 1. The topological polar surface area (TPSA) is 85.8 Å². The van der Waals surface area contributed by atoms with Crippen molar-refractivity contribution in [2.45, 2.75) is 13.5 Å². The van der Waals surface area contributed by atoms with Gasteiger partial charge in [0, 0.05) is 10.0 Å². The van der Waals surface area contributed by atoms with Gasteiger partial charge in [0.1, 0.15) is 5.76 Å². The van der Waals surface area contributed by atoms with E-state index in [0.29, 0.717) is 12.3 Å². The van der Waals surface area contributed by atoms with Gasteiger partial charge in [-0.3, -0.25) is 10.1 Å². The van der Waals surface area contributed by atoms with Crippen molar-refractivity contribution in [3.8, 4) is 11.3 Å². The van der Waals surface area contributed by atoms with Crippen LogP contribution >= 0.6 is 15.9 Å². The van der Waals surface area contributed by atoms with E-state index in [1.165, 1.54) is 4.80 Å². The number of hydrogen-bond donors (Lipinski definition) is 1. The van der Waals surface area contributed by atoms with Gasteiger partial charge in [0.25, 0.3) is 11.9 Å². The first-order chi connectivity index (χ1) is 10.7. The highest BCUT2D eigenvalue weighted by atomic mass is 79.9. The molecule has 2 aromatic heterocycles. The molecule has 1 N–H and O–H groups in total. The van der Waals surface area contributed by atoms with Crippen LogP contribution in [-0.2, 0) is 6.54 Å². The molecule has 0 aliphatic rings. The SMILES string of the molecule is CCn1nnc(NC(=O)c2ccc(-c3ccc(Br)cc3)o2)n1. The average molecular weight is 362 g/mol. The van der Waals surface area contributed by atoms with Crippen LogP contribution in [0, 0.1) is 0 Å². The fourth-order valence-corrected chi connectivity index (χ4v) is 2.08. The number of tetrazole rings is 1. The smallest absolute Gasteiger partial charge is 0.293 e. The van der Waals surface area contributed by atoms with Gasteiger partial charge >= 0.3 is 0 Å². The highest BCUT2D eigenvalue weighted by Gasteiger charge is 2.14. The number of benzene rings is 1. The van der Waals surface area contributed by atoms with Crippen LogP contribution < -0.4 is 5.32 Å². The molecular weight excluding hydrogens is 350 g/mol. The van der Waals surface area contributed by atoms with Gasteiger partial charge in [-0.2, -0.15) is 4.80 Å². The zero-order valence-electron chi connectivity index (χ0n) is 11.7. The lowest BCUT2D eigenvalue weighted by molar-refractivity contribution is 0.0996. The molecule has 1 amide bonds. The summed E-state index contributed by atoms with van der Waals surface area (Å²) >= 11 is 3.37. The molecule has 0 spiro atoms. The number of nitrogens with one attached hydrogen (secondary N) is 1. The standard InChI is InChI=1S/C14H12BrN5O2/c1-2-20-18-14(17-19-20)16-13(21)12-8-7-11(22-12)9-3-5-10(15)6-4-9/h3-8H,2H2,1H3,(H,16,18,21). The van der Waals surface area contributed by atoms with E-state index in [0.717, 1.165) is 10.0 Å². The molecule has 0 unspecified atom stereocenters. The highest BCUT2D eigenvalue weighted by molar-refractivity contribution is 9.10. The Kier molecular flexibility index (Phi) is 4.01. The number of halogens is 1. The molecule has 0 atom stereocenters. The lowest BCUT2D eigenvalue weighted by Crippen LogP contribution is -2.12. The van der Waals surface area contributed by atoms with Crippen molar-refractivity contribution >= 4 is 27.8 Å². The van der Waals surface area contributed by atoms with Gasteiger partial charge in [0.2, 0.25) is 0 Å². The summed E-state index contributed by atoms with van der Waals surface area (Å²) in [5.41, 5.74) is 0.886. The molecule has 2 heterocycles. The normalized spacial score (nSPS) is 10.6. The van der Waals surface area contributed by atoms with Crippen LogP contribution in [0.4, 0.5) is 5.95 Å². The van der Waals surface area contributed by atoms with Gasteiger partial charge in [-0.05, 0) is 36.4 Å². The summed E-state index contributed by atoms with van der Waals surface area (Å²) in [7, 11) is 0. The molecule has 0 bridgehead atoms. The molecule has 0 aliphatic heterocycles. The highest BCUT2D eigenvalue weighted by Crippen LogP contribution is 2.24. The van der Waals surface area contributed by atoms with Crippen molar-refractivity contribution in [1.82, 2.24) is 20.2 Å². The molecule has 0 saturated carbocycles. The third-order valence-electron chi connectivity index (χ3n) is 2.92. The number of rotatable bonds is 4. The minimum atomic E-state index is -0.418. The molecule has 112 valence electrons. The number of hydrogen-bond acceptors (Lipinski definition) is 5. The lowest BCUT2D eigenvalue weighted by Gasteiger charge is -1.98. The van der Waals surface area contributed by atoms with Gasteiger partial charge in [-0.15, -0.1) is 5.10 Å². The van der Waals surface area contributed by atoms with E-state index in [2.05, 4.69) is 36.7 Å². The quantitative estimate of drug-likeness (QED) is 0.771. The molecule has 0 saturated heterocycles. The molecule has 0 aliphatic carbocycles. The Hall–Kier alpha value is -2.48. The first-order valence-electron chi connectivity index (χ1n) is 6.60. The number of amides is 1. The summed E-state index contributed by atoms with van der Waals surface area (Å²) in [6.45, 7) is 2.46. The van der Waals surface area contributed by atoms with Crippen molar-refractivity contribution in [3.63, 3.8) is 0 Å². The summed E-state index contributed by atoms with van der Waals surface area (Å²) in [5, 5.41) is 14.0. The van der Waals surface area contributed by atoms with Crippen LogP contribution in [0.2, 0.25) is 0 Å². The Morgan fingerprint density at radius 1 is 1.27 bits per heavy atom. The number of carbonyl (C=O) groups is 1. The second-order valence-electron chi connectivity index (χ2n) is 4.43. The first-order valence-corrected chi connectivity index (χ1v) is 7.40. The predicted molar refractivity (Wildman–Crippen MR) is 83.3 cm³/mol. The van der Waals surface area contributed by atoms with E-state index < -0.39 is 5.91 Å². The van der Waals surface area contributed by atoms with E-state index in [1.54, 1.807) is 12.1 Å².